The fourth-order valence-electron chi connectivity index (χ4n) is 2.77. The third kappa shape index (κ3) is 3.63. The molecule has 114 valence electrons. The van der Waals surface area contributed by atoms with E-state index in [9.17, 15) is 4.79 Å². The second-order valence-corrected chi connectivity index (χ2v) is 6.44. The van der Waals surface area contributed by atoms with Gasteiger partial charge in [0.15, 0.2) is 6.29 Å². The summed E-state index contributed by atoms with van der Waals surface area (Å²) < 4.78 is 12.0. The first-order valence-electron chi connectivity index (χ1n) is 6.99. The lowest BCUT2D eigenvalue weighted by Gasteiger charge is -2.46. The number of amides is 1. The molecular weight excluding hydrogens is 296 g/mol. The van der Waals surface area contributed by atoms with Gasteiger partial charge in [0.25, 0.3) is 0 Å². The molecule has 7 heteroatoms. The zero-order valence-electron chi connectivity index (χ0n) is 11.9. The zero-order valence-corrected chi connectivity index (χ0v) is 13.7. The first kappa shape index (κ1) is 16.0. The SMILES string of the molecule is CC(=O)N1CCN(C(=S)S)C(C(C)C2OCCCO2)C1. The summed E-state index contributed by atoms with van der Waals surface area (Å²) in [5.74, 6) is 0.222. The summed E-state index contributed by atoms with van der Waals surface area (Å²) in [6.45, 7) is 7.18. The number of thiol groups is 1. The molecule has 2 atom stereocenters. The molecule has 1 amide bonds. The second kappa shape index (κ2) is 7.06. The first-order chi connectivity index (χ1) is 9.50. The van der Waals surface area contributed by atoms with E-state index < -0.39 is 0 Å². The highest BCUT2D eigenvalue weighted by molar-refractivity contribution is 8.10. The number of hydrogen-bond acceptors (Lipinski definition) is 4. The average Bonchev–Trinajstić information content (AvgIpc) is 2.46. The maximum absolute atomic E-state index is 11.6. The molecule has 20 heavy (non-hydrogen) atoms. The lowest BCUT2D eigenvalue weighted by molar-refractivity contribution is -0.212. The average molecular weight is 318 g/mol. The topological polar surface area (TPSA) is 42.0 Å². The number of piperazine rings is 1. The Morgan fingerprint density at radius 1 is 1.35 bits per heavy atom. The summed E-state index contributed by atoms with van der Waals surface area (Å²) in [7, 11) is 0. The Kier molecular flexibility index (Phi) is 5.65. The van der Waals surface area contributed by atoms with E-state index in [4.69, 9.17) is 21.7 Å². The molecular formula is C13H22N2O3S2. The van der Waals surface area contributed by atoms with Crippen molar-refractivity contribution in [1.82, 2.24) is 9.80 Å². The Balaban J connectivity index is 2.09. The van der Waals surface area contributed by atoms with E-state index in [1.165, 1.54) is 0 Å². The van der Waals surface area contributed by atoms with Crippen LogP contribution in [0.25, 0.3) is 0 Å². The minimum atomic E-state index is -0.231. The van der Waals surface area contributed by atoms with Gasteiger partial charge in [0.1, 0.15) is 4.32 Å². The van der Waals surface area contributed by atoms with Crippen LogP contribution in [0, 0.1) is 5.92 Å². The Morgan fingerprint density at radius 2 is 2.00 bits per heavy atom. The van der Waals surface area contributed by atoms with Crippen LogP contribution in [-0.2, 0) is 14.3 Å². The molecule has 0 aromatic carbocycles. The fraction of sp³-hybridized carbons (Fsp3) is 0.846. The van der Waals surface area contributed by atoms with Crippen molar-refractivity contribution in [3.05, 3.63) is 0 Å². The monoisotopic (exact) mass is 318 g/mol. The summed E-state index contributed by atoms with van der Waals surface area (Å²) in [5, 5.41) is 0. The predicted molar refractivity (Wildman–Crippen MR) is 83.8 cm³/mol. The van der Waals surface area contributed by atoms with E-state index in [0.29, 0.717) is 24.0 Å². The zero-order chi connectivity index (χ0) is 14.7. The van der Waals surface area contributed by atoms with Crippen LogP contribution in [0.1, 0.15) is 20.3 Å². The van der Waals surface area contributed by atoms with Gasteiger partial charge in [-0.15, -0.1) is 12.6 Å². The van der Waals surface area contributed by atoms with Crippen LogP contribution in [0.5, 0.6) is 0 Å². The summed E-state index contributed by atoms with van der Waals surface area (Å²) in [6.07, 6.45) is 0.702. The number of hydrogen-bond donors (Lipinski definition) is 1. The van der Waals surface area contributed by atoms with Gasteiger partial charge in [-0.05, 0) is 6.42 Å². The van der Waals surface area contributed by atoms with Crippen molar-refractivity contribution in [2.45, 2.75) is 32.6 Å². The highest BCUT2D eigenvalue weighted by atomic mass is 32.1. The predicted octanol–water partition coefficient (Wildman–Crippen LogP) is 1.13. The molecule has 0 aromatic heterocycles. The summed E-state index contributed by atoms with van der Waals surface area (Å²) in [6, 6.07) is 0.0840. The van der Waals surface area contributed by atoms with Gasteiger partial charge in [0, 0.05) is 32.5 Å². The normalized spacial score (nSPS) is 26.4. The maximum Gasteiger partial charge on any atom is 0.219 e. The van der Waals surface area contributed by atoms with Crippen LogP contribution >= 0.6 is 24.8 Å². The molecule has 2 aliphatic heterocycles. The second-order valence-electron chi connectivity index (χ2n) is 5.33. The minimum Gasteiger partial charge on any atom is -0.352 e. The van der Waals surface area contributed by atoms with E-state index in [1.807, 2.05) is 4.90 Å². The van der Waals surface area contributed by atoms with Gasteiger partial charge < -0.3 is 19.3 Å². The number of carbonyl (C=O) groups is 1. The number of rotatable bonds is 2. The van der Waals surface area contributed by atoms with Crippen LogP contribution in [0.3, 0.4) is 0 Å². The molecule has 0 bridgehead atoms. The van der Waals surface area contributed by atoms with E-state index in [2.05, 4.69) is 24.5 Å². The van der Waals surface area contributed by atoms with E-state index in [-0.39, 0.29) is 24.2 Å². The van der Waals surface area contributed by atoms with Crippen molar-refractivity contribution in [2.24, 2.45) is 5.92 Å². The van der Waals surface area contributed by atoms with E-state index in [0.717, 1.165) is 19.6 Å². The van der Waals surface area contributed by atoms with E-state index >= 15 is 0 Å². The van der Waals surface area contributed by atoms with Crippen molar-refractivity contribution in [2.75, 3.05) is 32.8 Å². The molecule has 5 nitrogen and oxygen atoms in total. The van der Waals surface area contributed by atoms with Crippen LogP contribution in [0.15, 0.2) is 0 Å². The highest BCUT2D eigenvalue weighted by Crippen LogP contribution is 2.25. The summed E-state index contributed by atoms with van der Waals surface area (Å²) in [4.78, 5) is 15.5. The van der Waals surface area contributed by atoms with Crippen molar-refractivity contribution in [3.63, 3.8) is 0 Å². The van der Waals surface area contributed by atoms with Crippen LogP contribution in [0.2, 0.25) is 0 Å². The van der Waals surface area contributed by atoms with E-state index in [1.54, 1.807) is 6.92 Å². The van der Waals surface area contributed by atoms with Gasteiger partial charge in [-0.25, -0.2) is 0 Å². The Bertz CT molecular complexity index is 375. The molecule has 0 spiro atoms. The van der Waals surface area contributed by atoms with Crippen molar-refractivity contribution >= 4 is 35.1 Å². The van der Waals surface area contributed by atoms with Crippen molar-refractivity contribution in [1.29, 1.82) is 0 Å². The first-order valence-corrected chi connectivity index (χ1v) is 7.84. The lowest BCUT2D eigenvalue weighted by Crippen LogP contribution is -2.59. The lowest BCUT2D eigenvalue weighted by atomic mass is 9.97. The molecule has 0 N–H and O–H groups in total. The molecule has 2 rings (SSSR count). The number of nitrogens with zero attached hydrogens (tertiary/aromatic N) is 2. The van der Waals surface area contributed by atoms with Gasteiger partial charge in [-0.2, -0.15) is 0 Å². The third-order valence-electron chi connectivity index (χ3n) is 4.00. The number of thiocarbonyl (C=S) groups is 1. The van der Waals surface area contributed by atoms with Gasteiger partial charge >= 0.3 is 0 Å². The highest BCUT2D eigenvalue weighted by Gasteiger charge is 2.37. The minimum absolute atomic E-state index is 0.0840. The van der Waals surface area contributed by atoms with Crippen molar-refractivity contribution in [3.8, 4) is 0 Å². The van der Waals surface area contributed by atoms with Crippen LogP contribution in [0.4, 0.5) is 0 Å². The van der Waals surface area contributed by atoms with Crippen LogP contribution in [-0.4, -0.2) is 65.2 Å². The molecule has 2 fully saturated rings. The molecule has 2 heterocycles. The van der Waals surface area contributed by atoms with Gasteiger partial charge in [-0.1, -0.05) is 19.1 Å². The molecule has 0 aromatic rings. The molecule has 0 aliphatic carbocycles. The smallest absolute Gasteiger partial charge is 0.219 e. The number of ether oxygens (including phenoxy) is 2. The Morgan fingerprint density at radius 3 is 2.55 bits per heavy atom. The Labute approximate surface area is 131 Å². The van der Waals surface area contributed by atoms with Gasteiger partial charge in [0.05, 0.1) is 19.3 Å². The van der Waals surface area contributed by atoms with Gasteiger partial charge in [0.2, 0.25) is 5.91 Å². The quantitative estimate of drug-likeness (QED) is 0.611. The third-order valence-corrected chi connectivity index (χ3v) is 4.49. The summed E-state index contributed by atoms with van der Waals surface area (Å²) >= 11 is 9.54. The largest absolute Gasteiger partial charge is 0.352 e. The fourth-order valence-corrected chi connectivity index (χ4v) is 3.25. The molecule has 2 unspecified atom stereocenters. The molecule has 0 radical (unpaired) electrons. The van der Waals surface area contributed by atoms with Crippen LogP contribution < -0.4 is 0 Å². The summed E-state index contributed by atoms with van der Waals surface area (Å²) in [5.41, 5.74) is 0. The standard InChI is InChI=1S/C13H22N2O3S2/c1-9(12-17-6-3-7-18-12)11-8-14(10(2)16)4-5-15(11)13(19)20/h9,11-12H,3-8H2,1-2H3,(H,19,20). The molecule has 0 saturated carbocycles. The van der Waals surface area contributed by atoms with Crippen molar-refractivity contribution < 1.29 is 14.3 Å². The maximum atomic E-state index is 11.6. The number of carbonyl (C=O) groups excluding carboxylic acids is 1. The Hall–Kier alpha value is -0.370. The van der Waals surface area contributed by atoms with Gasteiger partial charge in [-0.3, -0.25) is 4.79 Å². The molecule has 2 aliphatic rings. The molecule has 2 saturated heterocycles.